The smallest absolute Gasteiger partial charge is 0.0847 e. The molecule has 0 amide bonds. The van der Waals surface area contributed by atoms with Crippen LogP contribution in [0.4, 0.5) is 0 Å². The summed E-state index contributed by atoms with van der Waals surface area (Å²) in [5.41, 5.74) is 4.58. The summed E-state index contributed by atoms with van der Waals surface area (Å²) < 4.78 is 1.03. The average Bonchev–Trinajstić information content (AvgIpc) is 3.02. The molecule has 0 radical (unpaired) electrons. The third kappa shape index (κ3) is 2.13. The Labute approximate surface area is 147 Å². The maximum absolute atomic E-state index is 4.92. The fourth-order valence-corrected chi connectivity index (χ4v) is 3.95. The Bertz CT molecular complexity index is 1130. The second-order valence-electron chi connectivity index (χ2n) is 6.12. The zero-order valence-electron chi connectivity index (χ0n) is 12.9. The molecule has 3 aromatic rings. The van der Waals surface area contributed by atoms with E-state index in [0.717, 1.165) is 44.9 Å². The number of halogens is 1. The second kappa shape index (κ2) is 5.35. The van der Waals surface area contributed by atoms with Gasteiger partial charge in [-0.15, -0.1) is 0 Å². The second-order valence-corrected chi connectivity index (χ2v) is 6.97. The fourth-order valence-electron chi connectivity index (χ4n) is 3.48. The number of allylic oxidation sites excluding steroid dienone is 1. The van der Waals surface area contributed by atoms with Crippen molar-refractivity contribution >= 4 is 32.9 Å². The lowest BCUT2D eigenvalue weighted by atomic mass is 9.96. The Kier molecular flexibility index (Phi) is 3.13. The van der Waals surface area contributed by atoms with E-state index < -0.39 is 0 Å². The Morgan fingerprint density at radius 1 is 0.958 bits per heavy atom. The van der Waals surface area contributed by atoms with Crippen LogP contribution in [0.25, 0.3) is 17.0 Å². The number of fused-ring (bicyclic) bond motifs is 3. The van der Waals surface area contributed by atoms with E-state index in [1.807, 2.05) is 12.1 Å². The minimum Gasteiger partial charge on any atom is -0.281 e. The van der Waals surface area contributed by atoms with Gasteiger partial charge in [0.15, 0.2) is 0 Å². The summed E-state index contributed by atoms with van der Waals surface area (Å²) in [6, 6.07) is 14.8. The van der Waals surface area contributed by atoms with E-state index in [1.54, 1.807) is 0 Å². The molecule has 0 fully saturated rings. The normalized spacial score (nSPS) is 18.0. The van der Waals surface area contributed by atoms with E-state index >= 15 is 0 Å². The molecule has 0 saturated carbocycles. The number of hydrogen-bond acceptors (Lipinski definition) is 3. The van der Waals surface area contributed by atoms with Crippen molar-refractivity contribution in [2.45, 2.75) is 5.92 Å². The number of hydrogen-bond donors (Lipinski definition) is 0. The first-order chi connectivity index (χ1) is 11.8. The number of aromatic nitrogens is 1. The van der Waals surface area contributed by atoms with Gasteiger partial charge in [-0.2, -0.15) is 0 Å². The first-order valence-electron chi connectivity index (χ1n) is 8.06. The molecule has 1 aliphatic heterocycles. The predicted octanol–water partition coefficient (Wildman–Crippen LogP) is 3.41. The lowest BCUT2D eigenvalue weighted by molar-refractivity contribution is 0.858. The molecule has 1 aliphatic carbocycles. The molecule has 0 bridgehead atoms. The van der Waals surface area contributed by atoms with E-state index in [-0.39, 0.29) is 5.92 Å². The van der Waals surface area contributed by atoms with Gasteiger partial charge in [0.1, 0.15) is 0 Å². The van der Waals surface area contributed by atoms with E-state index in [0.29, 0.717) is 0 Å². The van der Waals surface area contributed by atoms with E-state index in [9.17, 15) is 0 Å². The fraction of sp³-hybridized carbons (Fsp3) is 0.150. The lowest BCUT2D eigenvalue weighted by Gasteiger charge is -2.13. The molecule has 0 spiro atoms. The molecule has 116 valence electrons. The third-order valence-corrected chi connectivity index (χ3v) is 5.30. The van der Waals surface area contributed by atoms with Crippen molar-refractivity contribution in [2.24, 2.45) is 9.98 Å². The van der Waals surface area contributed by atoms with Crippen LogP contribution in [-0.2, 0) is 0 Å². The Morgan fingerprint density at radius 3 is 2.67 bits per heavy atom. The van der Waals surface area contributed by atoms with Crippen LogP contribution in [0.5, 0.6) is 0 Å². The predicted molar refractivity (Wildman–Crippen MR) is 98.8 cm³/mol. The zero-order chi connectivity index (χ0) is 16.1. The number of para-hydroxylation sites is 1. The molecule has 24 heavy (non-hydrogen) atoms. The van der Waals surface area contributed by atoms with Crippen molar-refractivity contribution in [2.75, 3.05) is 13.1 Å². The molecular weight excluding hydrogens is 362 g/mol. The number of nitrogens with zero attached hydrogens (tertiary/aromatic N) is 3. The van der Waals surface area contributed by atoms with Gasteiger partial charge in [0.2, 0.25) is 0 Å². The number of benzene rings is 2. The van der Waals surface area contributed by atoms with Crippen LogP contribution < -0.4 is 10.7 Å². The largest absolute Gasteiger partial charge is 0.281 e. The van der Waals surface area contributed by atoms with Crippen LogP contribution in [0.15, 0.2) is 63.0 Å². The van der Waals surface area contributed by atoms with Crippen molar-refractivity contribution in [1.82, 2.24) is 4.98 Å². The standard InChI is InChI=1S/C20H14BrN3/c21-16-3-1-2-12-5-7-17(24-20(12)16)14-6-4-13-10-18-19(11-15(13)14)23-9-8-22-18/h1-7,10-11,14H,8-9H2. The molecule has 5 rings (SSSR count). The summed E-state index contributed by atoms with van der Waals surface area (Å²) in [4.78, 5) is 14.1. The molecule has 4 heteroatoms. The Hall–Kier alpha value is -2.33. The van der Waals surface area contributed by atoms with Gasteiger partial charge in [-0.05, 0) is 51.3 Å². The highest BCUT2D eigenvalue weighted by Gasteiger charge is 2.21. The number of rotatable bonds is 1. The zero-order valence-corrected chi connectivity index (χ0v) is 14.5. The summed E-state index contributed by atoms with van der Waals surface area (Å²) in [6.07, 6.45) is 4.40. The Morgan fingerprint density at radius 2 is 1.79 bits per heavy atom. The van der Waals surface area contributed by atoms with Gasteiger partial charge in [-0.1, -0.05) is 30.4 Å². The van der Waals surface area contributed by atoms with E-state index in [1.165, 1.54) is 11.1 Å². The minimum absolute atomic E-state index is 0.180. The quantitative estimate of drug-likeness (QED) is 0.642. The van der Waals surface area contributed by atoms with Crippen molar-refractivity contribution < 1.29 is 0 Å². The highest BCUT2D eigenvalue weighted by Crippen LogP contribution is 2.34. The van der Waals surface area contributed by atoms with Gasteiger partial charge < -0.3 is 0 Å². The van der Waals surface area contributed by atoms with Gasteiger partial charge in [-0.25, -0.2) is 0 Å². The highest BCUT2D eigenvalue weighted by molar-refractivity contribution is 9.10. The minimum atomic E-state index is 0.180. The Balaban J connectivity index is 1.69. The summed E-state index contributed by atoms with van der Waals surface area (Å²) in [7, 11) is 0. The van der Waals surface area contributed by atoms with Crippen molar-refractivity contribution in [3.8, 4) is 0 Å². The van der Waals surface area contributed by atoms with Crippen LogP contribution in [0.3, 0.4) is 0 Å². The molecule has 3 nitrogen and oxygen atoms in total. The number of pyridine rings is 1. The van der Waals surface area contributed by atoms with Gasteiger partial charge >= 0.3 is 0 Å². The molecule has 2 aromatic carbocycles. The average molecular weight is 376 g/mol. The van der Waals surface area contributed by atoms with Crippen molar-refractivity contribution in [1.29, 1.82) is 0 Å². The van der Waals surface area contributed by atoms with Gasteiger partial charge in [0.25, 0.3) is 0 Å². The lowest BCUT2D eigenvalue weighted by Crippen LogP contribution is -2.31. The molecule has 0 N–H and O–H groups in total. The summed E-state index contributed by atoms with van der Waals surface area (Å²) >= 11 is 3.61. The first kappa shape index (κ1) is 14.1. The van der Waals surface area contributed by atoms with Crippen LogP contribution in [0.1, 0.15) is 22.7 Å². The summed E-state index contributed by atoms with van der Waals surface area (Å²) in [6.45, 7) is 1.57. The molecule has 1 unspecified atom stereocenters. The van der Waals surface area contributed by atoms with Gasteiger partial charge in [0.05, 0.1) is 35.0 Å². The van der Waals surface area contributed by atoms with Gasteiger partial charge in [0, 0.05) is 15.8 Å². The molecular formula is C20H14BrN3. The van der Waals surface area contributed by atoms with Crippen molar-refractivity contribution in [3.05, 3.63) is 80.5 Å². The molecule has 2 aliphatic rings. The maximum Gasteiger partial charge on any atom is 0.0847 e. The maximum atomic E-state index is 4.92. The van der Waals surface area contributed by atoms with E-state index in [2.05, 4.69) is 68.4 Å². The monoisotopic (exact) mass is 375 g/mol. The third-order valence-electron chi connectivity index (χ3n) is 4.66. The van der Waals surface area contributed by atoms with Crippen molar-refractivity contribution in [3.63, 3.8) is 0 Å². The van der Waals surface area contributed by atoms with Gasteiger partial charge in [-0.3, -0.25) is 15.0 Å². The SMILES string of the molecule is Brc1cccc2ccc(C3C=Cc4cc5c(cc43)=NCCN=5)nc12. The molecule has 1 aromatic heterocycles. The van der Waals surface area contributed by atoms with Crippen LogP contribution in [-0.4, -0.2) is 18.1 Å². The highest BCUT2D eigenvalue weighted by atomic mass is 79.9. The molecule has 1 atom stereocenters. The topological polar surface area (TPSA) is 37.6 Å². The summed E-state index contributed by atoms with van der Waals surface area (Å²) in [5, 5.41) is 3.17. The van der Waals surface area contributed by atoms with E-state index in [4.69, 9.17) is 4.98 Å². The molecule has 0 saturated heterocycles. The van der Waals surface area contributed by atoms with Crippen LogP contribution in [0, 0.1) is 0 Å². The van der Waals surface area contributed by atoms with Crippen LogP contribution in [0.2, 0.25) is 0 Å². The molecule has 2 heterocycles. The summed E-state index contributed by atoms with van der Waals surface area (Å²) in [5.74, 6) is 0.180. The first-order valence-corrected chi connectivity index (χ1v) is 8.85. The van der Waals surface area contributed by atoms with Crippen LogP contribution >= 0.6 is 15.9 Å².